The lowest BCUT2D eigenvalue weighted by Gasteiger charge is -2.32. The Hall–Kier alpha value is -0.490. The average molecular weight is 311 g/mol. The molecular weight excluding hydrogens is 282 g/mol. The van der Waals surface area contributed by atoms with Gasteiger partial charge in [0, 0.05) is 25.6 Å². The molecule has 0 radical (unpaired) electrons. The Kier molecular flexibility index (Phi) is 6.17. The van der Waals surface area contributed by atoms with Crippen molar-refractivity contribution in [2.45, 2.75) is 44.6 Å². The zero-order valence-corrected chi connectivity index (χ0v) is 14.6. The van der Waals surface area contributed by atoms with Crippen LogP contribution in [0.15, 0.2) is 5.38 Å². The van der Waals surface area contributed by atoms with Gasteiger partial charge in [0.25, 0.3) is 0 Å². The van der Waals surface area contributed by atoms with Gasteiger partial charge >= 0.3 is 0 Å². The molecule has 0 aliphatic carbocycles. The first kappa shape index (κ1) is 16.9. The number of likely N-dealkylation sites (tertiary alicyclic amines) is 1. The fourth-order valence-corrected chi connectivity index (χ4v) is 4.12. The van der Waals surface area contributed by atoms with Gasteiger partial charge in [0.15, 0.2) is 0 Å². The standard InChI is InChI=1S/C16H29N3OS/c1-13(2)14-12-21-15(18-14)16(17-8-11-20-4)6-5-9-19(3)10-7-16/h12-13,17H,5-11H2,1-4H3. The summed E-state index contributed by atoms with van der Waals surface area (Å²) in [6.45, 7) is 8.36. The van der Waals surface area contributed by atoms with Crippen LogP contribution in [0, 0.1) is 0 Å². The molecule has 1 atom stereocenters. The molecule has 1 N–H and O–H groups in total. The molecule has 1 aliphatic rings. The zero-order valence-electron chi connectivity index (χ0n) is 13.8. The summed E-state index contributed by atoms with van der Waals surface area (Å²) in [6, 6.07) is 0. The molecule has 2 heterocycles. The lowest BCUT2D eigenvalue weighted by Crippen LogP contribution is -2.44. The number of methoxy groups -OCH3 is 1. The number of rotatable bonds is 6. The predicted octanol–water partition coefficient (Wildman–Crippen LogP) is 2.81. The van der Waals surface area contributed by atoms with E-state index in [4.69, 9.17) is 9.72 Å². The van der Waals surface area contributed by atoms with Crippen LogP contribution in [0.4, 0.5) is 0 Å². The predicted molar refractivity (Wildman–Crippen MR) is 89.1 cm³/mol. The van der Waals surface area contributed by atoms with Crippen LogP contribution in [-0.4, -0.2) is 50.3 Å². The smallest absolute Gasteiger partial charge is 0.113 e. The van der Waals surface area contributed by atoms with Gasteiger partial charge in [-0.1, -0.05) is 13.8 Å². The molecule has 0 aromatic carbocycles. The van der Waals surface area contributed by atoms with Gasteiger partial charge in [0.1, 0.15) is 5.01 Å². The Morgan fingerprint density at radius 2 is 2.24 bits per heavy atom. The SMILES string of the molecule is COCCNC1(c2nc(C(C)C)cs2)CCCN(C)CC1. The molecule has 1 fully saturated rings. The van der Waals surface area contributed by atoms with Gasteiger partial charge in [-0.3, -0.25) is 0 Å². The minimum atomic E-state index is 0.0289. The molecule has 0 amide bonds. The normalized spacial score (nSPS) is 24.4. The van der Waals surface area contributed by atoms with Crippen molar-refractivity contribution in [2.24, 2.45) is 0 Å². The van der Waals surface area contributed by atoms with E-state index in [0.717, 1.165) is 32.5 Å². The Morgan fingerprint density at radius 1 is 1.43 bits per heavy atom. The summed E-state index contributed by atoms with van der Waals surface area (Å²) in [5, 5.41) is 7.25. The number of nitrogens with zero attached hydrogens (tertiary/aromatic N) is 2. The van der Waals surface area contributed by atoms with Gasteiger partial charge in [-0.05, 0) is 38.8 Å². The Bertz CT molecular complexity index is 435. The zero-order chi connectivity index (χ0) is 15.3. The van der Waals surface area contributed by atoms with Crippen LogP contribution in [0.5, 0.6) is 0 Å². The Balaban J connectivity index is 2.20. The summed E-state index contributed by atoms with van der Waals surface area (Å²) in [6.07, 6.45) is 3.50. The first-order valence-corrected chi connectivity index (χ1v) is 8.84. The minimum absolute atomic E-state index is 0.0289. The molecule has 21 heavy (non-hydrogen) atoms. The molecule has 5 heteroatoms. The summed E-state index contributed by atoms with van der Waals surface area (Å²) >= 11 is 1.82. The number of hydrogen-bond acceptors (Lipinski definition) is 5. The highest BCUT2D eigenvalue weighted by atomic mass is 32.1. The van der Waals surface area contributed by atoms with E-state index in [0.29, 0.717) is 5.92 Å². The average Bonchev–Trinajstić information content (AvgIpc) is 2.88. The van der Waals surface area contributed by atoms with Crippen molar-refractivity contribution in [3.05, 3.63) is 16.1 Å². The first-order chi connectivity index (χ1) is 10.1. The van der Waals surface area contributed by atoms with Crippen LogP contribution in [0.2, 0.25) is 0 Å². The van der Waals surface area contributed by atoms with E-state index in [9.17, 15) is 0 Å². The quantitative estimate of drug-likeness (QED) is 0.820. The number of nitrogens with one attached hydrogen (secondary N) is 1. The van der Waals surface area contributed by atoms with Crippen molar-refractivity contribution in [1.82, 2.24) is 15.2 Å². The molecule has 0 bridgehead atoms. The second kappa shape index (κ2) is 7.68. The third-order valence-electron chi connectivity index (χ3n) is 4.36. The third kappa shape index (κ3) is 4.25. The maximum Gasteiger partial charge on any atom is 0.113 e. The van der Waals surface area contributed by atoms with Crippen LogP contribution < -0.4 is 5.32 Å². The molecule has 4 nitrogen and oxygen atoms in total. The molecule has 1 saturated heterocycles. The van der Waals surface area contributed by atoms with Crippen LogP contribution in [0.1, 0.15) is 49.7 Å². The number of ether oxygens (including phenoxy) is 1. The van der Waals surface area contributed by atoms with E-state index in [1.807, 2.05) is 11.3 Å². The van der Waals surface area contributed by atoms with Crippen molar-refractivity contribution < 1.29 is 4.74 Å². The maximum absolute atomic E-state index is 5.22. The summed E-state index contributed by atoms with van der Waals surface area (Å²) in [5.41, 5.74) is 1.25. The second-order valence-electron chi connectivity index (χ2n) is 6.39. The monoisotopic (exact) mass is 311 g/mol. The molecule has 1 aromatic heterocycles. The molecule has 0 spiro atoms. The first-order valence-electron chi connectivity index (χ1n) is 7.96. The van der Waals surface area contributed by atoms with Crippen molar-refractivity contribution in [3.8, 4) is 0 Å². The van der Waals surface area contributed by atoms with Gasteiger partial charge in [-0.2, -0.15) is 0 Å². The van der Waals surface area contributed by atoms with Gasteiger partial charge < -0.3 is 15.0 Å². The summed E-state index contributed by atoms with van der Waals surface area (Å²) in [7, 11) is 3.97. The lowest BCUT2D eigenvalue weighted by molar-refractivity contribution is 0.177. The molecule has 1 aromatic rings. The van der Waals surface area contributed by atoms with Crippen molar-refractivity contribution in [2.75, 3.05) is 40.4 Å². The Labute approximate surface area is 132 Å². The lowest BCUT2D eigenvalue weighted by atomic mass is 9.91. The Morgan fingerprint density at radius 3 is 2.90 bits per heavy atom. The van der Waals surface area contributed by atoms with E-state index >= 15 is 0 Å². The topological polar surface area (TPSA) is 37.4 Å². The highest BCUT2D eigenvalue weighted by Gasteiger charge is 2.36. The van der Waals surface area contributed by atoms with E-state index in [-0.39, 0.29) is 5.54 Å². The molecule has 1 aliphatic heterocycles. The fourth-order valence-electron chi connectivity index (χ4n) is 2.90. The number of aromatic nitrogens is 1. The van der Waals surface area contributed by atoms with Crippen LogP contribution in [-0.2, 0) is 10.3 Å². The molecule has 1 unspecified atom stereocenters. The molecule has 2 rings (SSSR count). The molecular formula is C16H29N3OS. The van der Waals surface area contributed by atoms with Crippen LogP contribution in [0.3, 0.4) is 0 Å². The van der Waals surface area contributed by atoms with E-state index in [1.165, 1.54) is 23.7 Å². The minimum Gasteiger partial charge on any atom is -0.383 e. The van der Waals surface area contributed by atoms with Crippen molar-refractivity contribution in [3.63, 3.8) is 0 Å². The third-order valence-corrected chi connectivity index (χ3v) is 5.42. The summed E-state index contributed by atoms with van der Waals surface area (Å²) in [4.78, 5) is 7.38. The van der Waals surface area contributed by atoms with E-state index in [2.05, 4.69) is 36.5 Å². The maximum atomic E-state index is 5.22. The molecule has 0 saturated carbocycles. The van der Waals surface area contributed by atoms with Crippen molar-refractivity contribution >= 4 is 11.3 Å². The summed E-state index contributed by atoms with van der Waals surface area (Å²) < 4.78 is 5.22. The summed E-state index contributed by atoms with van der Waals surface area (Å²) in [5.74, 6) is 0.500. The highest BCUT2D eigenvalue weighted by Crippen LogP contribution is 2.35. The van der Waals surface area contributed by atoms with Gasteiger partial charge in [0.05, 0.1) is 17.8 Å². The van der Waals surface area contributed by atoms with Gasteiger partial charge in [-0.25, -0.2) is 4.98 Å². The second-order valence-corrected chi connectivity index (χ2v) is 7.25. The molecule has 120 valence electrons. The van der Waals surface area contributed by atoms with E-state index < -0.39 is 0 Å². The van der Waals surface area contributed by atoms with Crippen LogP contribution in [0.25, 0.3) is 0 Å². The van der Waals surface area contributed by atoms with E-state index in [1.54, 1.807) is 7.11 Å². The largest absolute Gasteiger partial charge is 0.383 e. The number of thiazole rings is 1. The van der Waals surface area contributed by atoms with Gasteiger partial charge in [-0.15, -0.1) is 11.3 Å². The van der Waals surface area contributed by atoms with Crippen LogP contribution >= 0.6 is 11.3 Å². The number of hydrogen-bond donors (Lipinski definition) is 1. The van der Waals surface area contributed by atoms with Crippen molar-refractivity contribution in [1.29, 1.82) is 0 Å². The van der Waals surface area contributed by atoms with Gasteiger partial charge in [0.2, 0.25) is 0 Å². The highest BCUT2D eigenvalue weighted by molar-refractivity contribution is 7.09. The fraction of sp³-hybridized carbons (Fsp3) is 0.812.